The number of nitrogens with one attached hydrogen (secondary N) is 2. The number of carbonyl (C=O) groups is 1. The minimum atomic E-state index is -3.59. The molecule has 2 N–H and O–H groups in total. The van der Waals surface area contributed by atoms with Gasteiger partial charge in [-0.3, -0.25) is 4.79 Å². The van der Waals surface area contributed by atoms with Gasteiger partial charge in [0.15, 0.2) is 0 Å². The molecule has 0 saturated heterocycles. The molecule has 1 saturated carbocycles. The Kier molecular flexibility index (Phi) is 8.39. The zero-order chi connectivity index (χ0) is 24.5. The lowest BCUT2D eigenvalue weighted by Crippen LogP contribution is -2.27. The minimum absolute atomic E-state index is 0.0191. The molecule has 4 rings (SSSR count). The van der Waals surface area contributed by atoms with Gasteiger partial charge in [-0.15, -0.1) is 0 Å². The summed E-state index contributed by atoms with van der Waals surface area (Å²) in [4.78, 5) is 12.5. The summed E-state index contributed by atoms with van der Waals surface area (Å²) in [5.74, 6) is 1.25. The van der Waals surface area contributed by atoms with E-state index in [0.29, 0.717) is 25.3 Å². The molecule has 3 aromatic carbocycles. The number of carbonyl (C=O) groups excluding carboxylic acids is 1. The quantitative estimate of drug-likeness (QED) is 0.346. The molecular formula is C27H30N2O5S. The van der Waals surface area contributed by atoms with Crippen LogP contribution in [0, 0.1) is 0 Å². The van der Waals surface area contributed by atoms with Gasteiger partial charge in [0.2, 0.25) is 10.0 Å². The van der Waals surface area contributed by atoms with Crippen LogP contribution >= 0.6 is 0 Å². The smallest absolute Gasteiger partial charge is 0.251 e. The number of unbranched alkanes of at least 4 members (excludes halogenated alkanes) is 1. The van der Waals surface area contributed by atoms with Gasteiger partial charge < -0.3 is 14.8 Å². The van der Waals surface area contributed by atoms with E-state index in [2.05, 4.69) is 10.0 Å². The third-order valence-electron chi connectivity index (χ3n) is 5.50. The van der Waals surface area contributed by atoms with Crippen molar-refractivity contribution in [2.75, 3.05) is 13.2 Å². The molecule has 1 fully saturated rings. The van der Waals surface area contributed by atoms with E-state index < -0.39 is 10.0 Å². The number of hydrogen-bond acceptors (Lipinski definition) is 5. The highest BCUT2D eigenvalue weighted by atomic mass is 32.2. The summed E-state index contributed by atoms with van der Waals surface area (Å²) in [6, 6.07) is 23.6. The van der Waals surface area contributed by atoms with Crippen molar-refractivity contribution in [1.29, 1.82) is 0 Å². The molecule has 3 aromatic rings. The van der Waals surface area contributed by atoms with Crippen LogP contribution in [0.15, 0.2) is 83.8 Å². The molecule has 7 nitrogen and oxygen atoms in total. The summed E-state index contributed by atoms with van der Waals surface area (Å²) in [5, 5.41) is 2.84. The zero-order valence-electron chi connectivity index (χ0n) is 19.5. The maximum Gasteiger partial charge on any atom is 0.251 e. The van der Waals surface area contributed by atoms with Gasteiger partial charge in [0.1, 0.15) is 18.1 Å². The normalized spacial score (nSPS) is 13.3. The van der Waals surface area contributed by atoms with Crippen LogP contribution in [0.3, 0.4) is 0 Å². The molecule has 0 heterocycles. The highest BCUT2D eigenvalue weighted by Gasteiger charge is 2.28. The van der Waals surface area contributed by atoms with Gasteiger partial charge in [0, 0.05) is 18.2 Å². The Hall–Kier alpha value is -3.36. The lowest BCUT2D eigenvalue weighted by atomic mass is 10.2. The number of amides is 1. The summed E-state index contributed by atoms with van der Waals surface area (Å²) in [6.45, 7) is 1.52. The monoisotopic (exact) mass is 494 g/mol. The summed E-state index contributed by atoms with van der Waals surface area (Å²) in [6.07, 6.45) is 3.23. The fourth-order valence-corrected chi connectivity index (χ4v) is 4.74. The Balaban J connectivity index is 1.13. The van der Waals surface area contributed by atoms with Gasteiger partial charge in [-0.2, -0.15) is 0 Å². The fraction of sp³-hybridized carbons (Fsp3) is 0.296. The minimum Gasteiger partial charge on any atom is -0.494 e. The van der Waals surface area contributed by atoms with Crippen LogP contribution in [0.4, 0.5) is 0 Å². The average molecular weight is 495 g/mol. The van der Waals surface area contributed by atoms with Crippen molar-refractivity contribution >= 4 is 15.9 Å². The Morgan fingerprint density at radius 2 is 1.57 bits per heavy atom. The van der Waals surface area contributed by atoms with Gasteiger partial charge in [-0.1, -0.05) is 36.4 Å². The number of sulfonamides is 1. The first-order chi connectivity index (χ1) is 17.0. The van der Waals surface area contributed by atoms with Crippen molar-refractivity contribution < 1.29 is 22.7 Å². The molecular weight excluding hydrogens is 464 g/mol. The predicted molar refractivity (Wildman–Crippen MR) is 134 cm³/mol. The standard InChI is InChI=1S/C27H30N2O5S/c30-27(22-9-6-10-26(19-22)35(31,32)29-23-11-12-23)28-17-4-5-18-33-24-13-15-25(16-14-24)34-20-21-7-2-1-3-8-21/h1-3,6-10,13-16,19,23,29H,4-5,11-12,17-18,20H2,(H,28,30). The largest absolute Gasteiger partial charge is 0.494 e. The van der Waals surface area contributed by atoms with Gasteiger partial charge in [0.25, 0.3) is 5.91 Å². The lowest BCUT2D eigenvalue weighted by Gasteiger charge is -2.10. The molecule has 1 amide bonds. The van der Waals surface area contributed by atoms with E-state index in [-0.39, 0.29) is 16.8 Å². The molecule has 0 bridgehead atoms. The molecule has 0 aromatic heterocycles. The van der Waals surface area contributed by atoms with Crippen LogP contribution in [0.25, 0.3) is 0 Å². The van der Waals surface area contributed by atoms with Gasteiger partial charge >= 0.3 is 0 Å². The lowest BCUT2D eigenvalue weighted by molar-refractivity contribution is 0.0952. The van der Waals surface area contributed by atoms with Crippen LogP contribution in [0.5, 0.6) is 11.5 Å². The second-order valence-electron chi connectivity index (χ2n) is 8.48. The highest BCUT2D eigenvalue weighted by molar-refractivity contribution is 7.89. The van der Waals surface area contributed by atoms with Crippen LogP contribution in [0.2, 0.25) is 0 Å². The Morgan fingerprint density at radius 3 is 2.29 bits per heavy atom. The van der Waals surface area contributed by atoms with E-state index in [1.165, 1.54) is 12.1 Å². The second kappa shape index (κ2) is 11.9. The molecule has 8 heteroatoms. The van der Waals surface area contributed by atoms with E-state index in [0.717, 1.165) is 42.7 Å². The number of benzene rings is 3. The first-order valence-electron chi connectivity index (χ1n) is 11.8. The van der Waals surface area contributed by atoms with Crippen molar-refractivity contribution in [2.24, 2.45) is 0 Å². The van der Waals surface area contributed by atoms with Gasteiger partial charge in [-0.25, -0.2) is 13.1 Å². The summed E-state index contributed by atoms with van der Waals surface area (Å²) >= 11 is 0. The van der Waals surface area contributed by atoms with Gasteiger partial charge in [0.05, 0.1) is 11.5 Å². The van der Waals surface area contributed by atoms with E-state index in [1.54, 1.807) is 12.1 Å². The van der Waals surface area contributed by atoms with E-state index in [4.69, 9.17) is 9.47 Å². The molecule has 0 radical (unpaired) electrons. The summed E-state index contributed by atoms with van der Waals surface area (Å²) < 4.78 is 38.9. The number of rotatable bonds is 13. The third-order valence-corrected chi connectivity index (χ3v) is 7.02. The number of ether oxygens (including phenoxy) is 2. The van der Waals surface area contributed by atoms with Crippen LogP contribution in [-0.4, -0.2) is 33.5 Å². The topological polar surface area (TPSA) is 93.7 Å². The molecule has 35 heavy (non-hydrogen) atoms. The van der Waals surface area contributed by atoms with Crippen molar-refractivity contribution in [3.05, 3.63) is 90.0 Å². The first-order valence-corrected chi connectivity index (χ1v) is 13.3. The first kappa shape index (κ1) is 24.8. The molecule has 0 aliphatic heterocycles. The molecule has 0 spiro atoms. The molecule has 1 aliphatic carbocycles. The Labute approximate surface area is 206 Å². The zero-order valence-corrected chi connectivity index (χ0v) is 20.3. The van der Waals surface area contributed by atoms with E-state index in [9.17, 15) is 13.2 Å². The third kappa shape index (κ3) is 7.83. The maximum absolute atomic E-state index is 12.4. The summed E-state index contributed by atoms with van der Waals surface area (Å²) in [7, 11) is -3.59. The second-order valence-corrected chi connectivity index (χ2v) is 10.2. The van der Waals surface area contributed by atoms with Crippen molar-refractivity contribution in [2.45, 2.75) is 43.2 Å². The average Bonchev–Trinajstić information content (AvgIpc) is 3.69. The molecule has 184 valence electrons. The van der Waals surface area contributed by atoms with Crippen molar-refractivity contribution in [1.82, 2.24) is 10.0 Å². The Morgan fingerprint density at radius 1 is 0.857 bits per heavy atom. The molecule has 0 atom stereocenters. The maximum atomic E-state index is 12.4. The van der Waals surface area contributed by atoms with Gasteiger partial charge in [-0.05, 0) is 73.7 Å². The van der Waals surface area contributed by atoms with Crippen LogP contribution in [0.1, 0.15) is 41.6 Å². The SMILES string of the molecule is O=C(NCCCCOc1ccc(OCc2ccccc2)cc1)c1cccc(S(=O)(=O)NC2CC2)c1. The highest BCUT2D eigenvalue weighted by Crippen LogP contribution is 2.22. The summed E-state index contributed by atoms with van der Waals surface area (Å²) in [5.41, 5.74) is 1.44. The van der Waals surface area contributed by atoms with Crippen LogP contribution < -0.4 is 19.5 Å². The molecule has 0 unspecified atom stereocenters. The van der Waals surface area contributed by atoms with E-state index >= 15 is 0 Å². The van der Waals surface area contributed by atoms with Crippen LogP contribution in [-0.2, 0) is 16.6 Å². The van der Waals surface area contributed by atoms with Crippen molar-refractivity contribution in [3.8, 4) is 11.5 Å². The molecule has 1 aliphatic rings. The van der Waals surface area contributed by atoms with Crippen molar-refractivity contribution in [3.63, 3.8) is 0 Å². The fourth-order valence-electron chi connectivity index (χ4n) is 3.39. The Bertz CT molecular complexity index is 1210. The predicted octanol–water partition coefficient (Wildman–Crippen LogP) is 4.30. The van der Waals surface area contributed by atoms with E-state index in [1.807, 2.05) is 54.6 Å². The number of hydrogen-bond donors (Lipinski definition) is 2.